The molecule has 0 unspecified atom stereocenters. The normalized spacial score (nSPS) is 12.6. The third-order valence-corrected chi connectivity index (χ3v) is 3.23. The first-order chi connectivity index (χ1) is 8.19. The number of aryl methyl sites for hydroxylation is 1. The maximum absolute atomic E-state index is 5.69. The van der Waals surface area contributed by atoms with Gasteiger partial charge in [-0.3, -0.25) is 4.98 Å². The average molecular weight is 247 g/mol. The van der Waals surface area contributed by atoms with Crippen molar-refractivity contribution in [3.05, 3.63) is 36.0 Å². The zero-order valence-electron chi connectivity index (χ0n) is 10.2. The highest BCUT2D eigenvalue weighted by atomic mass is 32.1. The SMILES string of the molecule is CC[C@@H](S)COc1ccc2nc(C)ccc2c1. The molecule has 1 atom stereocenters. The molecule has 0 aliphatic carbocycles. The van der Waals surface area contributed by atoms with Gasteiger partial charge in [-0.05, 0) is 37.6 Å². The van der Waals surface area contributed by atoms with Gasteiger partial charge in [-0.15, -0.1) is 0 Å². The fourth-order valence-electron chi connectivity index (χ4n) is 1.61. The number of hydrogen-bond acceptors (Lipinski definition) is 3. The van der Waals surface area contributed by atoms with Crippen LogP contribution < -0.4 is 4.74 Å². The number of pyridine rings is 1. The van der Waals surface area contributed by atoms with Crippen LogP contribution in [0.5, 0.6) is 5.75 Å². The highest BCUT2D eigenvalue weighted by molar-refractivity contribution is 7.81. The summed E-state index contributed by atoms with van der Waals surface area (Å²) < 4.78 is 5.69. The molecular weight excluding hydrogens is 230 g/mol. The van der Waals surface area contributed by atoms with Crippen molar-refractivity contribution in [1.29, 1.82) is 0 Å². The number of thiol groups is 1. The average Bonchev–Trinajstić information content (AvgIpc) is 2.35. The first-order valence-corrected chi connectivity index (χ1v) is 6.39. The molecule has 0 aliphatic rings. The number of hydrogen-bond donors (Lipinski definition) is 1. The van der Waals surface area contributed by atoms with E-state index in [1.165, 1.54) is 0 Å². The summed E-state index contributed by atoms with van der Waals surface area (Å²) in [6.07, 6.45) is 1.01. The quantitative estimate of drug-likeness (QED) is 0.833. The Hall–Kier alpha value is -1.22. The molecule has 0 radical (unpaired) electrons. The van der Waals surface area contributed by atoms with Crippen molar-refractivity contribution in [2.75, 3.05) is 6.61 Å². The molecule has 0 aliphatic heterocycles. The molecule has 0 spiro atoms. The van der Waals surface area contributed by atoms with Gasteiger partial charge in [0.05, 0.1) is 12.1 Å². The smallest absolute Gasteiger partial charge is 0.120 e. The summed E-state index contributed by atoms with van der Waals surface area (Å²) in [5.74, 6) is 0.885. The maximum atomic E-state index is 5.69. The van der Waals surface area contributed by atoms with Gasteiger partial charge in [-0.2, -0.15) is 12.6 Å². The van der Waals surface area contributed by atoms with Crippen LogP contribution in [0.25, 0.3) is 10.9 Å². The Morgan fingerprint density at radius 3 is 2.88 bits per heavy atom. The molecule has 2 rings (SSSR count). The topological polar surface area (TPSA) is 22.1 Å². The molecule has 90 valence electrons. The zero-order valence-corrected chi connectivity index (χ0v) is 11.1. The Labute approximate surface area is 107 Å². The van der Waals surface area contributed by atoms with Crippen molar-refractivity contribution in [2.45, 2.75) is 25.5 Å². The van der Waals surface area contributed by atoms with Crippen LogP contribution in [-0.2, 0) is 0 Å². The lowest BCUT2D eigenvalue weighted by Crippen LogP contribution is -2.10. The number of rotatable bonds is 4. The van der Waals surface area contributed by atoms with Gasteiger partial charge >= 0.3 is 0 Å². The Balaban J connectivity index is 2.17. The summed E-state index contributed by atoms with van der Waals surface area (Å²) in [4.78, 5) is 4.46. The van der Waals surface area contributed by atoms with Gasteiger partial charge in [-0.1, -0.05) is 13.0 Å². The van der Waals surface area contributed by atoms with Crippen LogP contribution >= 0.6 is 12.6 Å². The highest BCUT2D eigenvalue weighted by Crippen LogP contribution is 2.20. The van der Waals surface area contributed by atoms with Crippen molar-refractivity contribution in [2.24, 2.45) is 0 Å². The maximum Gasteiger partial charge on any atom is 0.120 e. The Morgan fingerprint density at radius 2 is 2.12 bits per heavy atom. The molecule has 0 N–H and O–H groups in total. The van der Waals surface area contributed by atoms with Crippen LogP contribution in [0.3, 0.4) is 0 Å². The minimum absolute atomic E-state index is 0.293. The van der Waals surface area contributed by atoms with E-state index in [2.05, 4.69) is 30.6 Å². The summed E-state index contributed by atoms with van der Waals surface area (Å²) in [6.45, 7) is 4.75. The fraction of sp³-hybridized carbons (Fsp3) is 0.357. The van der Waals surface area contributed by atoms with E-state index in [4.69, 9.17) is 4.74 Å². The van der Waals surface area contributed by atoms with Gasteiger partial charge in [0.2, 0.25) is 0 Å². The van der Waals surface area contributed by atoms with E-state index in [0.717, 1.165) is 28.8 Å². The van der Waals surface area contributed by atoms with Crippen LogP contribution in [0.2, 0.25) is 0 Å². The third-order valence-electron chi connectivity index (χ3n) is 2.71. The molecule has 1 aromatic heterocycles. The largest absolute Gasteiger partial charge is 0.492 e. The standard InChI is InChI=1S/C14H17NOS/c1-3-13(17)9-16-12-6-7-14-11(8-12)5-4-10(2)15-14/h4-8,13,17H,3,9H2,1-2H3/t13-/m1/s1. The summed E-state index contributed by atoms with van der Waals surface area (Å²) >= 11 is 4.41. The van der Waals surface area contributed by atoms with Crippen molar-refractivity contribution in [1.82, 2.24) is 4.98 Å². The Kier molecular flexibility index (Phi) is 3.89. The number of fused-ring (bicyclic) bond motifs is 1. The van der Waals surface area contributed by atoms with Crippen LogP contribution in [0.4, 0.5) is 0 Å². The Morgan fingerprint density at radius 1 is 1.29 bits per heavy atom. The second kappa shape index (κ2) is 5.41. The third kappa shape index (κ3) is 3.13. The molecule has 1 aromatic carbocycles. The molecule has 0 saturated carbocycles. The number of aromatic nitrogens is 1. The van der Waals surface area contributed by atoms with Gasteiger partial charge in [0.1, 0.15) is 5.75 Å². The summed E-state index contributed by atoms with van der Waals surface area (Å²) in [6, 6.07) is 10.1. The molecule has 2 nitrogen and oxygen atoms in total. The first-order valence-electron chi connectivity index (χ1n) is 5.87. The molecule has 0 amide bonds. The van der Waals surface area contributed by atoms with E-state index < -0.39 is 0 Å². The van der Waals surface area contributed by atoms with Crippen molar-refractivity contribution < 1.29 is 4.74 Å². The molecule has 0 saturated heterocycles. The van der Waals surface area contributed by atoms with E-state index in [0.29, 0.717) is 11.9 Å². The molecule has 17 heavy (non-hydrogen) atoms. The van der Waals surface area contributed by atoms with Crippen molar-refractivity contribution in [3.8, 4) is 5.75 Å². The minimum Gasteiger partial charge on any atom is -0.492 e. The van der Waals surface area contributed by atoms with Gasteiger partial charge < -0.3 is 4.74 Å². The highest BCUT2D eigenvalue weighted by Gasteiger charge is 2.02. The fourth-order valence-corrected chi connectivity index (χ4v) is 1.68. The van der Waals surface area contributed by atoms with E-state index in [-0.39, 0.29) is 0 Å². The van der Waals surface area contributed by atoms with Crippen LogP contribution in [-0.4, -0.2) is 16.8 Å². The van der Waals surface area contributed by atoms with E-state index in [1.54, 1.807) is 0 Å². The van der Waals surface area contributed by atoms with Crippen molar-refractivity contribution in [3.63, 3.8) is 0 Å². The molecule has 3 heteroatoms. The summed E-state index contributed by atoms with van der Waals surface area (Å²) in [5.41, 5.74) is 2.04. The predicted molar refractivity (Wildman–Crippen MR) is 75.0 cm³/mol. The lowest BCUT2D eigenvalue weighted by molar-refractivity contribution is 0.316. The number of benzene rings is 1. The lowest BCUT2D eigenvalue weighted by Gasteiger charge is -2.10. The van der Waals surface area contributed by atoms with E-state index in [1.807, 2.05) is 31.2 Å². The van der Waals surface area contributed by atoms with Crippen LogP contribution in [0.15, 0.2) is 30.3 Å². The summed E-state index contributed by atoms with van der Waals surface area (Å²) in [5, 5.41) is 1.40. The number of ether oxygens (including phenoxy) is 1. The van der Waals surface area contributed by atoms with E-state index >= 15 is 0 Å². The van der Waals surface area contributed by atoms with Gasteiger partial charge in [0, 0.05) is 16.3 Å². The summed E-state index contributed by atoms with van der Waals surface area (Å²) in [7, 11) is 0. The molecule has 0 fully saturated rings. The molecule has 0 bridgehead atoms. The molecule has 2 aromatic rings. The lowest BCUT2D eigenvalue weighted by atomic mass is 10.2. The first kappa shape index (κ1) is 12.2. The monoisotopic (exact) mass is 247 g/mol. The van der Waals surface area contributed by atoms with Crippen LogP contribution in [0, 0.1) is 6.92 Å². The second-order valence-corrected chi connectivity index (χ2v) is 4.91. The minimum atomic E-state index is 0.293. The molecule has 1 heterocycles. The van der Waals surface area contributed by atoms with E-state index in [9.17, 15) is 0 Å². The van der Waals surface area contributed by atoms with Gasteiger partial charge in [0.15, 0.2) is 0 Å². The van der Waals surface area contributed by atoms with Crippen LogP contribution in [0.1, 0.15) is 19.0 Å². The number of nitrogens with zero attached hydrogens (tertiary/aromatic N) is 1. The zero-order chi connectivity index (χ0) is 12.3. The van der Waals surface area contributed by atoms with Gasteiger partial charge in [-0.25, -0.2) is 0 Å². The molecular formula is C14H17NOS. The van der Waals surface area contributed by atoms with Gasteiger partial charge in [0.25, 0.3) is 0 Å². The Bertz CT molecular complexity index is 513. The second-order valence-electron chi connectivity index (χ2n) is 4.18. The predicted octanol–water partition coefficient (Wildman–Crippen LogP) is 3.63. The van der Waals surface area contributed by atoms with Crippen molar-refractivity contribution >= 4 is 23.5 Å².